The van der Waals surface area contributed by atoms with Gasteiger partial charge >= 0.3 is 6.09 Å². The van der Waals surface area contributed by atoms with Gasteiger partial charge in [0.05, 0.1) is 6.26 Å². The predicted molar refractivity (Wildman–Crippen MR) is 79.1 cm³/mol. The van der Waals surface area contributed by atoms with E-state index in [2.05, 4.69) is 15.3 Å². The number of ketones is 1. The lowest BCUT2D eigenvalue weighted by molar-refractivity contribution is 0.104. The first-order valence-corrected chi connectivity index (χ1v) is 6.96. The molecular formula is C14H9N3O4S. The summed E-state index contributed by atoms with van der Waals surface area (Å²) < 4.78 is 5.27. The second kappa shape index (κ2) is 5.78. The Morgan fingerprint density at radius 2 is 2.00 bits per heavy atom. The Kier molecular flexibility index (Phi) is 3.67. The number of nitrogens with zero attached hydrogens (tertiary/aromatic N) is 2. The van der Waals surface area contributed by atoms with Crippen molar-refractivity contribution in [1.29, 1.82) is 0 Å². The minimum atomic E-state index is -1.25. The molecule has 0 aromatic carbocycles. The van der Waals surface area contributed by atoms with Crippen molar-refractivity contribution in [2.75, 3.05) is 5.32 Å². The number of thiazole rings is 1. The summed E-state index contributed by atoms with van der Waals surface area (Å²) in [5.41, 5.74) is 0.744. The van der Waals surface area contributed by atoms with E-state index in [1.807, 2.05) is 0 Å². The first kappa shape index (κ1) is 14.0. The van der Waals surface area contributed by atoms with Crippen LogP contribution in [0, 0.1) is 0 Å². The van der Waals surface area contributed by atoms with E-state index in [1.54, 1.807) is 24.3 Å². The summed E-state index contributed by atoms with van der Waals surface area (Å²) in [4.78, 5) is 31.6. The van der Waals surface area contributed by atoms with Crippen LogP contribution in [0.4, 0.5) is 9.93 Å². The van der Waals surface area contributed by atoms with Crippen LogP contribution in [0.3, 0.4) is 0 Å². The standard InChI is InChI=1S/C14H9N3O4S/c18-11(8-3-5-15-6-4-8)12-10(9-2-1-7-21-9)16-13(22-12)17-14(19)20/h1-7H,(H,16,17)(H,19,20). The van der Waals surface area contributed by atoms with Crippen LogP contribution in [0.15, 0.2) is 47.3 Å². The van der Waals surface area contributed by atoms with E-state index in [1.165, 1.54) is 18.7 Å². The molecule has 0 aliphatic heterocycles. The second-order valence-corrected chi connectivity index (χ2v) is 5.17. The van der Waals surface area contributed by atoms with Gasteiger partial charge in [0.25, 0.3) is 0 Å². The fourth-order valence-corrected chi connectivity index (χ4v) is 2.76. The maximum absolute atomic E-state index is 12.6. The molecule has 0 spiro atoms. The molecule has 0 saturated heterocycles. The number of pyridine rings is 1. The molecule has 1 amide bonds. The number of amides is 1. The number of carbonyl (C=O) groups excluding carboxylic acids is 1. The Morgan fingerprint density at radius 1 is 1.23 bits per heavy atom. The smallest absolute Gasteiger partial charge is 0.410 e. The van der Waals surface area contributed by atoms with Crippen molar-refractivity contribution >= 4 is 28.3 Å². The van der Waals surface area contributed by atoms with Gasteiger partial charge in [-0.1, -0.05) is 11.3 Å². The third-order valence-corrected chi connectivity index (χ3v) is 3.71. The van der Waals surface area contributed by atoms with Gasteiger partial charge in [-0.05, 0) is 24.3 Å². The van der Waals surface area contributed by atoms with Gasteiger partial charge in [0.15, 0.2) is 10.9 Å². The minimum Gasteiger partial charge on any atom is -0.465 e. The van der Waals surface area contributed by atoms with E-state index in [0.29, 0.717) is 21.9 Å². The molecule has 0 fully saturated rings. The van der Waals surface area contributed by atoms with E-state index in [9.17, 15) is 9.59 Å². The Labute approximate surface area is 128 Å². The van der Waals surface area contributed by atoms with Crippen LogP contribution >= 0.6 is 11.3 Å². The van der Waals surface area contributed by atoms with Crippen LogP contribution in [-0.2, 0) is 0 Å². The normalized spacial score (nSPS) is 10.4. The van der Waals surface area contributed by atoms with Gasteiger partial charge in [-0.15, -0.1) is 0 Å². The van der Waals surface area contributed by atoms with Gasteiger partial charge in [0, 0.05) is 18.0 Å². The number of aromatic nitrogens is 2. The lowest BCUT2D eigenvalue weighted by Gasteiger charge is -1.99. The summed E-state index contributed by atoms with van der Waals surface area (Å²) in [6.07, 6.45) is 3.23. The number of carboxylic acid groups (broad SMARTS) is 1. The molecule has 3 heterocycles. The number of nitrogens with one attached hydrogen (secondary N) is 1. The molecule has 22 heavy (non-hydrogen) atoms. The topological polar surface area (TPSA) is 105 Å². The van der Waals surface area contributed by atoms with Crippen molar-refractivity contribution in [2.24, 2.45) is 0 Å². The largest absolute Gasteiger partial charge is 0.465 e. The highest BCUT2D eigenvalue weighted by Crippen LogP contribution is 2.33. The van der Waals surface area contributed by atoms with E-state index < -0.39 is 6.09 Å². The summed E-state index contributed by atoms with van der Waals surface area (Å²) in [6, 6.07) is 6.49. The van der Waals surface area contributed by atoms with Crippen LogP contribution in [0.2, 0.25) is 0 Å². The van der Waals surface area contributed by atoms with E-state index in [4.69, 9.17) is 9.52 Å². The van der Waals surface area contributed by atoms with Crippen molar-refractivity contribution in [3.63, 3.8) is 0 Å². The first-order chi connectivity index (χ1) is 10.6. The van der Waals surface area contributed by atoms with Crippen molar-refractivity contribution in [3.05, 3.63) is 53.4 Å². The molecule has 2 N–H and O–H groups in total. The fraction of sp³-hybridized carbons (Fsp3) is 0. The number of carbonyl (C=O) groups is 2. The molecule has 0 unspecified atom stereocenters. The molecule has 0 aliphatic rings. The lowest BCUT2D eigenvalue weighted by atomic mass is 10.1. The molecule has 0 saturated carbocycles. The van der Waals surface area contributed by atoms with Crippen LogP contribution in [0.5, 0.6) is 0 Å². The van der Waals surface area contributed by atoms with Gasteiger partial charge in [0.2, 0.25) is 5.78 Å². The third-order valence-electron chi connectivity index (χ3n) is 2.74. The molecule has 7 nitrogen and oxygen atoms in total. The maximum atomic E-state index is 12.6. The number of hydrogen-bond acceptors (Lipinski definition) is 6. The maximum Gasteiger partial charge on any atom is 0.410 e. The average Bonchev–Trinajstić information content (AvgIpc) is 3.15. The molecular weight excluding hydrogens is 306 g/mol. The molecule has 110 valence electrons. The number of rotatable bonds is 4. The number of hydrogen-bond donors (Lipinski definition) is 2. The van der Waals surface area contributed by atoms with Crippen molar-refractivity contribution in [1.82, 2.24) is 9.97 Å². The number of anilines is 1. The van der Waals surface area contributed by atoms with Crippen LogP contribution in [-0.4, -0.2) is 27.0 Å². The Bertz CT molecular complexity index is 812. The summed E-state index contributed by atoms with van der Waals surface area (Å²) >= 11 is 0.956. The van der Waals surface area contributed by atoms with E-state index >= 15 is 0 Å². The Hall–Kier alpha value is -3.00. The van der Waals surface area contributed by atoms with Crippen molar-refractivity contribution in [3.8, 4) is 11.5 Å². The Balaban J connectivity index is 2.07. The molecule has 3 rings (SSSR count). The monoisotopic (exact) mass is 315 g/mol. The molecule has 0 aliphatic carbocycles. The zero-order valence-corrected chi connectivity index (χ0v) is 11.8. The SMILES string of the molecule is O=C(O)Nc1nc(-c2ccco2)c(C(=O)c2ccncc2)s1. The second-order valence-electron chi connectivity index (χ2n) is 4.17. The minimum absolute atomic E-state index is 0.108. The first-order valence-electron chi connectivity index (χ1n) is 6.14. The fourth-order valence-electron chi connectivity index (χ4n) is 1.83. The molecule has 3 aromatic rings. The quantitative estimate of drug-likeness (QED) is 0.717. The van der Waals surface area contributed by atoms with Gasteiger partial charge in [0.1, 0.15) is 10.6 Å². The highest BCUT2D eigenvalue weighted by atomic mass is 32.1. The van der Waals surface area contributed by atoms with Gasteiger partial charge in [-0.3, -0.25) is 15.1 Å². The molecule has 0 atom stereocenters. The third kappa shape index (κ3) is 2.72. The molecule has 0 bridgehead atoms. The molecule has 3 aromatic heterocycles. The van der Waals surface area contributed by atoms with E-state index in [0.717, 1.165) is 11.3 Å². The van der Waals surface area contributed by atoms with Gasteiger partial charge in [-0.25, -0.2) is 9.78 Å². The zero-order chi connectivity index (χ0) is 15.5. The van der Waals surface area contributed by atoms with Crippen LogP contribution < -0.4 is 5.32 Å². The number of furan rings is 1. The highest BCUT2D eigenvalue weighted by Gasteiger charge is 2.23. The van der Waals surface area contributed by atoms with Crippen molar-refractivity contribution in [2.45, 2.75) is 0 Å². The zero-order valence-electron chi connectivity index (χ0n) is 11.0. The van der Waals surface area contributed by atoms with E-state index in [-0.39, 0.29) is 10.9 Å². The molecule has 0 radical (unpaired) electrons. The van der Waals surface area contributed by atoms with Gasteiger partial charge in [-0.2, -0.15) is 0 Å². The molecule has 8 heteroatoms. The highest BCUT2D eigenvalue weighted by molar-refractivity contribution is 7.18. The van der Waals surface area contributed by atoms with Crippen molar-refractivity contribution < 1.29 is 19.1 Å². The predicted octanol–water partition coefficient (Wildman–Crippen LogP) is 3.12. The summed E-state index contributed by atoms with van der Waals surface area (Å²) in [7, 11) is 0. The summed E-state index contributed by atoms with van der Waals surface area (Å²) in [5.74, 6) is 0.122. The summed E-state index contributed by atoms with van der Waals surface area (Å²) in [5, 5.41) is 11.1. The lowest BCUT2D eigenvalue weighted by Crippen LogP contribution is -2.06. The van der Waals surface area contributed by atoms with Gasteiger partial charge < -0.3 is 9.52 Å². The van der Waals surface area contributed by atoms with Crippen LogP contribution in [0.25, 0.3) is 11.5 Å². The Morgan fingerprint density at radius 3 is 2.64 bits per heavy atom. The summed E-state index contributed by atoms with van der Waals surface area (Å²) in [6.45, 7) is 0. The average molecular weight is 315 g/mol. The van der Waals surface area contributed by atoms with Crippen LogP contribution in [0.1, 0.15) is 15.2 Å².